The van der Waals surface area contributed by atoms with Gasteiger partial charge < -0.3 is 22.1 Å². The first-order valence-electron chi connectivity index (χ1n) is 6.50. The van der Waals surface area contributed by atoms with E-state index in [-0.39, 0.29) is 25.3 Å². The number of nitrogens with two attached hydrogens (primary N) is 2. The second-order valence-electron chi connectivity index (χ2n) is 4.41. The smallest absolute Gasteiger partial charge is 0.243 e. The van der Waals surface area contributed by atoms with Gasteiger partial charge in [-0.15, -0.1) is 0 Å². The summed E-state index contributed by atoms with van der Waals surface area (Å²) in [7, 11) is 0. The Morgan fingerprint density at radius 1 is 1.05 bits per heavy atom. The minimum absolute atomic E-state index is 0.117. The molecule has 0 spiro atoms. The third-order valence-electron chi connectivity index (χ3n) is 2.49. The molecule has 0 saturated heterocycles. The number of hydrogen-bond acceptors (Lipinski definition) is 4. The number of carbonyl (C=O) groups is 4. The van der Waals surface area contributed by atoms with Gasteiger partial charge in [-0.1, -0.05) is 13.3 Å². The van der Waals surface area contributed by atoms with Crippen molar-refractivity contribution in [1.82, 2.24) is 10.6 Å². The lowest BCUT2D eigenvalue weighted by atomic mass is 10.1. The minimum atomic E-state index is -0.708. The zero-order valence-electron chi connectivity index (χ0n) is 11.6. The molecule has 8 nitrogen and oxygen atoms in total. The summed E-state index contributed by atoms with van der Waals surface area (Å²) >= 11 is 0. The fourth-order valence-corrected chi connectivity index (χ4v) is 1.54. The van der Waals surface area contributed by atoms with Gasteiger partial charge in [-0.2, -0.15) is 0 Å². The lowest BCUT2D eigenvalue weighted by Gasteiger charge is -2.17. The summed E-state index contributed by atoms with van der Waals surface area (Å²) < 4.78 is 0. The van der Waals surface area contributed by atoms with Crippen LogP contribution in [-0.2, 0) is 19.2 Å². The van der Waals surface area contributed by atoms with Crippen molar-refractivity contribution in [2.75, 3.05) is 6.54 Å². The third kappa shape index (κ3) is 8.90. The van der Waals surface area contributed by atoms with Crippen LogP contribution in [0.15, 0.2) is 0 Å². The fourth-order valence-electron chi connectivity index (χ4n) is 1.54. The molecule has 0 aromatic rings. The molecule has 0 aromatic heterocycles. The van der Waals surface area contributed by atoms with E-state index in [1.54, 1.807) is 0 Å². The van der Waals surface area contributed by atoms with Crippen LogP contribution in [0.5, 0.6) is 0 Å². The number of hydrogen-bond donors (Lipinski definition) is 4. The average molecular weight is 286 g/mol. The number of carbonyl (C=O) groups excluding carboxylic acids is 4. The topological polar surface area (TPSA) is 144 Å². The summed E-state index contributed by atoms with van der Waals surface area (Å²) in [5.41, 5.74) is 9.89. The second kappa shape index (κ2) is 9.76. The Bertz CT molecular complexity index is 370. The Labute approximate surface area is 117 Å². The Hall–Kier alpha value is -2.12. The van der Waals surface area contributed by atoms with Crippen LogP contribution in [-0.4, -0.2) is 36.2 Å². The van der Waals surface area contributed by atoms with E-state index in [2.05, 4.69) is 10.6 Å². The van der Waals surface area contributed by atoms with E-state index >= 15 is 0 Å². The van der Waals surface area contributed by atoms with Crippen molar-refractivity contribution in [2.45, 2.75) is 45.1 Å². The van der Waals surface area contributed by atoms with Gasteiger partial charge in [-0.25, -0.2) is 0 Å². The third-order valence-corrected chi connectivity index (χ3v) is 2.49. The van der Waals surface area contributed by atoms with E-state index in [0.717, 1.165) is 0 Å². The first-order valence-corrected chi connectivity index (χ1v) is 6.50. The van der Waals surface area contributed by atoms with Gasteiger partial charge in [0.1, 0.15) is 6.04 Å². The molecule has 4 amide bonds. The SMILES string of the molecule is CCC[C@H](NC(=O)CCCC(N)=O)C(=O)NCC(N)=O. The standard InChI is InChI=1S/C12H22N4O4/c1-2-4-8(12(20)15-7-10(14)18)16-11(19)6-3-5-9(13)17/h8H,2-7H2,1H3,(H2,13,17)(H2,14,18)(H,15,20)(H,16,19)/t8-/m0/s1. The van der Waals surface area contributed by atoms with Crippen LogP contribution in [0.25, 0.3) is 0 Å². The molecule has 114 valence electrons. The van der Waals surface area contributed by atoms with Gasteiger partial charge in [0.2, 0.25) is 23.6 Å². The number of nitrogens with one attached hydrogen (secondary N) is 2. The largest absolute Gasteiger partial charge is 0.370 e. The lowest BCUT2D eigenvalue weighted by Crippen LogP contribution is -2.48. The molecular weight excluding hydrogens is 264 g/mol. The van der Waals surface area contributed by atoms with Gasteiger partial charge in [0.15, 0.2) is 0 Å². The van der Waals surface area contributed by atoms with Gasteiger partial charge in [0.05, 0.1) is 6.54 Å². The lowest BCUT2D eigenvalue weighted by molar-refractivity contribution is -0.130. The van der Waals surface area contributed by atoms with Crippen LogP contribution in [0.2, 0.25) is 0 Å². The highest BCUT2D eigenvalue weighted by Crippen LogP contribution is 2.00. The van der Waals surface area contributed by atoms with Gasteiger partial charge in [-0.05, 0) is 12.8 Å². The van der Waals surface area contributed by atoms with Gasteiger partial charge >= 0.3 is 0 Å². The number of rotatable bonds is 10. The molecule has 1 atom stereocenters. The maximum atomic E-state index is 11.7. The maximum absolute atomic E-state index is 11.7. The molecule has 0 radical (unpaired) electrons. The summed E-state index contributed by atoms with van der Waals surface area (Å²) in [4.78, 5) is 44.5. The predicted molar refractivity (Wildman–Crippen MR) is 72.1 cm³/mol. The molecule has 6 N–H and O–H groups in total. The van der Waals surface area contributed by atoms with Crippen molar-refractivity contribution in [3.05, 3.63) is 0 Å². The zero-order chi connectivity index (χ0) is 15.5. The molecule has 0 aromatic carbocycles. The fraction of sp³-hybridized carbons (Fsp3) is 0.667. The van der Waals surface area contributed by atoms with Crippen LogP contribution in [0.1, 0.15) is 39.0 Å². The average Bonchev–Trinajstić information content (AvgIpc) is 2.34. The molecule has 8 heteroatoms. The molecular formula is C12H22N4O4. The zero-order valence-corrected chi connectivity index (χ0v) is 11.6. The van der Waals surface area contributed by atoms with Crippen LogP contribution in [0.3, 0.4) is 0 Å². The van der Waals surface area contributed by atoms with Crippen molar-refractivity contribution in [3.8, 4) is 0 Å². The molecule has 0 rings (SSSR count). The summed E-state index contributed by atoms with van der Waals surface area (Å²) in [5, 5.41) is 4.90. The molecule has 0 aliphatic rings. The summed E-state index contributed by atoms with van der Waals surface area (Å²) in [6.45, 7) is 1.60. The molecule has 0 unspecified atom stereocenters. The molecule has 0 saturated carbocycles. The Balaban J connectivity index is 4.23. The second-order valence-corrected chi connectivity index (χ2v) is 4.41. The maximum Gasteiger partial charge on any atom is 0.243 e. The quantitative estimate of drug-likeness (QED) is 0.388. The van der Waals surface area contributed by atoms with Crippen molar-refractivity contribution in [2.24, 2.45) is 11.5 Å². The first kappa shape index (κ1) is 17.9. The predicted octanol–water partition coefficient (Wildman–Crippen LogP) is -1.47. The van der Waals surface area contributed by atoms with Gasteiger partial charge in [-0.3, -0.25) is 19.2 Å². The highest BCUT2D eigenvalue weighted by Gasteiger charge is 2.19. The number of primary amides is 2. The molecule has 0 heterocycles. The van der Waals surface area contributed by atoms with E-state index < -0.39 is 23.8 Å². The van der Waals surface area contributed by atoms with Crippen molar-refractivity contribution >= 4 is 23.6 Å². The highest BCUT2D eigenvalue weighted by molar-refractivity contribution is 5.90. The highest BCUT2D eigenvalue weighted by atomic mass is 16.2. The van der Waals surface area contributed by atoms with Crippen molar-refractivity contribution in [3.63, 3.8) is 0 Å². The summed E-state index contributed by atoms with van der Waals surface area (Å²) in [6, 6.07) is -0.708. The van der Waals surface area contributed by atoms with E-state index in [0.29, 0.717) is 19.3 Å². The monoisotopic (exact) mass is 286 g/mol. The van der Waals surface area contributed by atoms with Crippen molar-refractivity contribution in [1.29, 1.82) is 0 Å². The summed E-state index contributed by atoms with van der Waals surface area (Å²) in [6.07, 6.45) is 1.72. The van der Waals surface area contributed by atoms with Crippen LogP contribution >= 0.6 is 0 Å². The van der Waals surface area contributed by atoms with E-state index in [1.165, 1.54) is 0 Å². The normalized spacial score (nSPS) is 11.4. The number of amides is 4. The van der Waals surface area contributed by atoms with Crippen LogP contribution in [0, 0.1) is 0 Å². The summed E-state index contributed by atoms with van der Waals surface area (Å²) in [5.74, 6) is -1.91. The minimum Gasteiger partial charge on any atom is -0.370 e. The van der Waals surface area contributed by atoms with Gasteiger partial charge in [0, 0.05) is 12.8 Å². The molecule has 0 fully saturated rings. The van der Waals surface area contributed by atoms with E-state index in [1.807, 2.05) is 6.92 Å². The molecule has 0 bridgehead atoms. The molecule has 0 aliphatic heterocycles. The molecule has 0 aliphatic carbocycles. The Morgan fingerprint density at radius 3 is 2.20 bits per heavy atom. The Kier molecular flexibility index (Phi) is 8.73. The van der Waals surface area contributed by atoms with Gasteiger partial charge in [0.25, 0.3) is 0 Å². The first-order chi connectivity index (χ1) is 9.36. The Morgan fingerprint density at radius 2 is 1.70 bits per heavy atom. The van der Waals surface area contributed by atoms with E-state index in [9.17, 15) is 19.2 Å². The van der Waals surface area contributed by atoms with E-state index in [4.69, 9.17) is 11.5 Å². The van der Waals surface area contributed by atoms with Crippen molar-refractivity contribution < 1.29 is 19.2 Å². The molecule has 20 heavy (non-hydrogen) atoms. The van der Waals surface area contributed by atoms with Crippen LogP contribution in [0.4, 0.5) is 0 Å². The van der Waals surface area contributed by atoms with Crippen LogP contribution < -0.4 is 22.1 Å².